The van der Waals surface area contributed by atoms with Crippen molar-refractivity contribution in [2.24, 2.45) is 5.92 Å². The monoisotopic (exact) mass is 629 g/mol. The number of H-pyrrole nitrogens is 1. The van der Waals surface area contributed by atoms with E-state index in [0.29, 0.717) is 40.4 Å². The van der Waals surface area contributed by atoms with Gasteiger partial charge in [0, 0.05) is 34.0 Å². The van der Waals surface area contributed by atoms with Crippen molar-refractivity contribution in [3.63, 3.8) is 0 Å². The molecule has 6 aromatic rings. The normalized spacial score (nSPS) is 15.1. The number of rotatable bonds is 8. The first-order chi connectivity index (χ1) is 22.5. The largest absolute Gasteiger partial charge is 0.493 e. The molecule has 0 aliphatic heterocycles. The van der Waals surface area contributed by atoms with E-state index in [1.54, 1.807) is 20.4 Å². The number of allylic oxidation sites excluding steroid dienone is 1. The van der Waals surface area contributed by atoms with Gasteiger partial charge in [-0.2, -0.15) is 5.21 Å². The zero-order valence-electron chi connectivity index (χ0n) is 25.6. The number of thiazole rings is 1. The summed E-state index contributed by atoms with van der Waals surface area (Å²) in [4.78, 5) is 24.9. The van der Waals surface area contributed by atoms with E-state index in [1.165, 1.54) is 11.3 Å². The minimum Gasteiger partial charge on any atom is -0.493 e. The summed E-state index contributed by atoms with van der Waals surface area (Å²) in [6.45, 7) is 2.20. The fraction of sp³-hybridized carbons (Fsp3) is 0.200. The van der Waals surface area contributed by atoms with E-state index in [4.69, 9.17) is 14.5 Å². The van der Waals surface area contributed by atoms with Crippen LogP contribution in [0, 0.1) is 5.92 Å². The Balaban J connectivity index is 1.24. The summed E-state index contributed by atoms with van der Waals surface area (Å²) in [6.07, 6.45) is 6.08. The number of anilines is 1. The molecule has 1 amide bonds. The van der Waals surface area contributed by atoms with Gasteiger partial charge in [0.1, 0.15) is 0 Å². The number of amides is 1. The average molecular weight is 630 g/mol. The molecular weight excluding hydrogens is 598 g/mol. The van der Waals surface area contributed by atoms with Crippen molar-refractivity contribution in [3.05, 3.63) is 106 Å². The second-order valence-electron chi connectivity index (χ2n) is 11.3. The Bertz CT molecular complexity index is 2090. The number of hydrogen-bond donors (Lipinski definition) is 2. The van der Waals surface area contributed by atoms with E-state index in [2.05, 4.69) is 43.9 Å². The molecule has 10 nitrogen and oxygen atoms in total. The smallest absolute Gasteiger partial charge is 0.258 e. The molecule has 1 aliphatic rings. The molecule has 46 heavy (non-hydrogen) atoms. The van der Waals surface area contributed by atoms with Gasteiger partial charge < -0.3 is 9.47 Å². The Morgan fingerprint density at radius 2 is 1.89 bits per heavy atom. The van der Waals surface area contributed by atoms with E-state index in [0.717, 1.165) is 62.1 Å². The highest BCUT2D eigenvalue weighted by Crippen LogP contribution is 2.41. The fourth-order valence-corrected chi connectivity index (χ4v) is 7.00. The van der Waals surface area contributed by atoms with E-state index >= 15 is 0 Å². The van der Waals surface area contributed by atoms with Crippen LogP contribution < -0.4 is 14.8 Å². The van der Waals surface area contributed by atoms with Crippen molar-refractivity contribution < 1.29 is 14.3 Å². The van der Waals surface area contributed by atoms with Gasteiger partial charge in [-0.3, -0.25) is 10.1 Å². The quantitative estimate of drug-likeness (QED) is 0.187. The molecule has 1 aliphatic carbocycles. The SMILES string of the molecule is COc1cccc(/C=C2\CC(C)Cc3c2nc2ccccc2c3C(=O)Nc2ncc(Cc3ccccc3-c3nn[nH]n3)s2)c1OC. The summed E-state index contributed by atoms with van der Waals surface area (Å²) in [5.41, 5.74) is 7.07. The third-order valence-electron chi connectivity index (χ3n) is 8.15. The zero-order chi connectivity index (χ0) is 31.6. The van der Waals surface area contributed by atoms with Crippen LogP contribution in [0.25, 0.3) is 33.9 Å². The van der Waals surface area contributed by atoms with Crippen molar-refractivity contribution in [1.29, 1.82) is 0 Å². The number of ether oxygens (including phenoxy) is 2. The maximum Gasteiger partial charge on any atom is 0.258 e. The lowest BCUT2D eigenvalue weighted by Crippen LogP contribution is -2.21. The first-order valence-corrected chi connectivity index (χ1v) is 15.7. The first kappa shape index (κ1) is 29.3. The van der Waals surface area contributed by atoms with Gasteiger partial charge in [0.2, 0.25) is 5.82 Å². The van der Waals surface area contributed by atoms with Crippen molar-refractivity contribution in [3.8, 4) is 22.9 Å². The number of hydrogen-bond acceptors (Lipinski definition) is 9. The van der Waals surface area contributed by atoms with Crippen LogP contribution in [-0.4, -0.2) is 50.7 Å². The lowest BCUT2D eigenvalue weighted by Gasteiger charge is -2.27. The minimum absolute atomic E-state index is 0.199. The summed E-state index contributed by atoms with van der Waals surface area (Å²) in [6, 6.07) is 21.6. The standard InChI is InChI=1S/C35H31N7O3S/c1-20-15-23(17-22-10-8-14-29(44-2)32(22)45-3)31-27(16-20)30(26-12-6-7-13-28(26)37-31)34(43)38-35-36-19-24(46-35)18-21-9-4-5-11-25(21)33-39-41-42-40-33/h4-14,17,19-20H,15-16,18H2,1-3H3,(H,36,38,43)(H,39,40,41,42)/b23-17+. The number of aromatic nitrogens is 6. The van der Waals surface area contributed by atoms with Gasteiger partial charge in [-0.1, -0.05) is 61.5 Å². The first-order valence-electron chi connectivity index (χ1n) is 14.9. The number of para-hydroxylation sites is 2. The second-order valence-corrected chi connectivity index (χ2v) is 12.4. The molecule has 1 atom stereocenters. The lowest BCUT2D eigenvalue weighted by atomic mass is 9.80. The molecule has 0 saturated heterocycles. The van der Waals surface area contributed by atoms with E-state index < -0.39 is 0 Å². The molecule has 1 unspecified atom stereocenters. The molecule has 0 fully saturated rings. The van der Waals surface area contributed by atoms with Crippen molar-refractivity contribution in [2.45, 2.75) is 26.2 Å². The van der Waals surface area contributed by atoms with Gasteiger partial charge in [-0.05, 0) is 58.9 Å². The maximum atomic E-state index is 14.2. The van der Waals surface area contributed by atoms with Gasteiger partial charge in [-0.15, -0.1) is 21.5 Å². The van der Waals surface area contributed by atoms with Crippen molar-refractivity contribution >= 4 is 44.9 Å². The topological polar surface area (TPSA) is 128 Å². The molecule has 0 bridgehead atoms. The number of aromatic amines is 1. The van der Waals surface area contributed by atoms with Crippen LogP contribution in [0.4, 0.5) is 5.13 Å². The molecule has 3 aromatic heterocycles. The molecule has 0 radical (unpaired) electrons. The molecule has 2 N–H and O–H groups in total. The van der Waals surface area contributed by atoms with Crippen LogP contribution in [0.5, 0.6) is 11.5 Å². The number of nitrogens with one attached hydrogen (secondary N) is 2. The van der Waals surface area contributed by atoms with Crippen LogP contribution >= 0.6 is 11.3 Å². The number of methoxy groups -OCH3 is 2. The molecule has 0 saturated carbocycles. The maximum absolute atomic E-state index is 14.2. The second kappa shape index (κ2) is 12.5. The Hall–Kier alpha value is -5.42. The summed E-state index contributed by atoms with van der Waals surface area (Å²) in [7, 11) is 3.27. The molecule has 0 spiro atoms. The molecular formula is C35H31N7O3S. The van der Waals surface area contributed by atoms with Gasteiger partial charge in [0.25, 0.3) is 5.91 Å². The number of carbonyl (C=O) groups excluding carboxylic acids is 1. The van der Waals surface area contributed by atoms with Crippen molar-refractivity contribution in [1.82, 2.24) is 30.6 Å². The van der Waals surface area contributed by atoms with Crippen LogP contribution in [0.3, 0.4) is 0 Å². The molecule has 3 aromatic carbocycles. The van der Waals surface area contributed by atoms with Gasteiger partial charge in [-0.25, -0.2) is 9.97 Å². The summed E-state index contributed by atoms with van der Waals surface area (Å²) in [5, 5.41) is 19.0. The van der Waals surface area contributed by atoms with Crippen LogP contribution in [0.1, 0.15) is 51.0 Å². The Labute approximate surface area is 269 Å². The Kier molecular flexibility index (Phi) is 7.98. The highest BCUT2D eigenvalue weighted by molar-refractivity contribution is 7.15. The minimum atomic E-state index is -0.199. The summed E-state index contributed by atoms with van der Waals surface area (Å²) < 4.78 is 11.3. The predicted octanol–water partition coefficient (Wildman–Crippen LogP) is 6.85. The zero-order valence-corrected chi connectivity index (χ0v) is 26.4. The number of carbonyl (C=O) groups is 1. The highest BCUT2D eigenvalue weighted by atomic mass is 32.1. The number of fused-ring (bicyclic) bond motifs is 2. The third-order valence-corrected chi connectivity index (χ3v) is 9.06. The molecule has 230 valence electrons. The third kappa shape index (κ3) is 5.61. The van der Waals surface area contributed by atoms with Crippen LogP contribution in [0.15, 0.2) is 72.9 Å². The number of pyridine rings is 1. The van der Waals surface area contributed by atoms with E-state index in [-0.39, 0.29) is 5.91 Å². The van der Waals surface area contributed by atoms with Gasteiger partial charge >= 0.3 is 0 Å². The molecule has 11 heteroatoms. The predicted molar refractivity (Wildman–Crippen MR) is 179 cm³/mol. The van der Waals surface area contributed by atoms with Gasteiger partial charge in [0.05, 0.1) is 31.0 Å². The van der Waals surface area contributed by atoms with Gasteiger partial charge in [0.15, 0.2) is 16.6 Å². The van der Waals surface area contributed by atoms with Crippen molar-refractivity contribution in [2.75, 3.05) is 19.5 Å². The number of tetrazole rings is 1. The molecule has 7 rings (SSSR count). The van der Waals surface area contributed by atoms with Crippen LogP contribution in [-0.2, 0) is 12.8 Å². The Morgan fingerprint density at radius 3 is 2.72 bits per heavy atom. The van der Waals surface area contributed by atoms with E-state index in [9.17, 15) is 4.79 Å². The number of benzene rings is 3. The van der Waals surface area contributed by atoms with E-state index in [1.807, 2.05) is 66.7 Å². The Morgan fingerprint density at radius 1 is 1.04 bits per heavy atom. The highest BCUT2D eigenvalue weighted by Gasteiger charge is 2.29. The molecule has 3 heterocycles. The summed E-state index contributed by atoms with van der Waals surface area (Å²) in [5.74, 6) is 1.96. The average Bonchev–Trinajstić information content (AvgIpc) is 3.76. The van der Waals surface area contributed by atoms with Crippen LogP contribution in [0.2, 0.25) is 0 Å². The lowest BCUT2D eigenvalue weighted by molar-refractivity contribution is 0.102. The number of nitrogens with zero attached hydrogens (tertiary/aromatic N) is 5. The summed E-state index contributed by atoms with van der Waals surface area (Å²) >= 11 is 1.45. The fourth-order valence-electron chi connectivity index (χ4n) is 6.17.